The first-order valence-corrected chi connectivity index (χ1v) is 11.8. The predicted molar refractivity (Wildman–Crippen MR) is 140 cm³/mol. The Hall–Kier alpha value is -3.82. The van der Waals surface area contributed by atoms with E-state index in [1.165, 1.54) is 46.3 Å². The van der Waals surface area contributed by atoms with Crippen LogP contribution in [-0.4, -0.2) is 33.9 Å². The number of aryl methyl sites for hydroxylation is 2. The molecule has 0 aliphatic carbocycles. The zero-order valence-corrected chi connectivity index (χ0v) is 21.0. The van der Waals surface area contributed by atoms with Crippen molar-refractivity contribution in [1.29, 1.82) is 0 Å². The number of hydrogen-bond acceptors (Lipinski definition) is 4. The molecule has 1 atom stereocenters. The lowest BCUT2D eigenvalue weighted by Gasteiger charge is -2.24. The molecule has 36 heavy (non-hydrogen) atoms. The quantitative estimate of drug-likeness (QED) is 0.454. The van der Waals surface area contributed by atoms with Crippen LogP contribution in [0.3, 0.4) is 0 Å². The van der Waals surface area contributed by atoms with Crippen molar-refractivity contribution in [2.24, 2.45) is 0 Å². The van der Waals surface area contributed by atoms with Crippen molar-refractivity contribution >= 4 is 58.0 Å². The second-order valence-corrected chi connectivity index (χ2v) is 9.14. The molecule has 3 amide bonds. The summed E-state index contributed by atoms with van der Waals surface area (Å²) in [6.45, 7) is 3.81. The summed E-state index contributed by atoms with van der Waals surface area (Å²) in [4.78, 5) is 40.5. The van der Waals surface area contributed by atoms with Crippen molar-refractivity contribution in [3.8, 4) is 0 Å². The maximum atomic E-state index is 13.5. The first-order valence-electron chi connectivity index (χ1n) is 11.0. The Labute approximate surface area is 217 Å². The van der Waals surface area contributed by atoms with Crippen LogP contribution >= 0.6 is 23.8 Å². The normalized spacial score (nSPS) is 15.3. The van der Waals surface area contributed by atoms with Crippen molar-refractivity contribution in [3.63, 3.8) is 0 Å². The van der Waals surface area contributed by atoms with Gasteiger partial charge in [-0.25, -0.2) is 9.40 Å². The number of nitrogens with one attached hydrogen (secondary N) is 2. The topological polar surface area (TPSA) is 81.8 Å². The third-order valence-electron chi connectivity index (χ3n) is 5.66. The number of carbonyl (C=O) groups excluding carboxylic acids is 3. The molecule has 0 aromatic heterocycles. The largest absolute Gasteiger partial charge is 0.326 e. The number of anilines is 2. The lowest BCUT2D eigenvalue weighted by molar-refractivity contribution is -0.124. The minimum absolute atomic E-state index is 0.0433. The highest BCUT2D eigenvalue weighted by molar-refractivity contribution is 7.80. The van der Waals surface area contributed by atoms with E-state index in [1.807, 2.05) is 26.0 Å². The molecule has 2 N–H and O–H groups in total. The zero-order valence-electron chi connectivity index (χ0n) is 19.4. The maximum Gasteiger partial charge on any atom is 0.269 e. The molecule has 1 aliphatic rings. The van der Waals surface area contributed by atoms with Crippen LogP contribution in [0.1, 0.15) is 27.9 Å². The molecule has 3 aromatic rings. The minimum atomic E-state index is -1.12. The van der Waals surface area contributed by atoms with Crippen LogP contribution in [0, 0.1) is 19.7 Å². The lowest BCUT2D eigenvalue weighted by atomic mass is 10.1. The van der Waals surface area contributed by atoms with Gasteiger partial charge in [0, 0.05) is 16.3 Å². The second kappa shape index (κ2) is 10.4. The van der Waals surface area contributed by atoms with Gasteiger partial charge in [-0.1, -0.05) is 29.3 Å². The number of nitrogens with zero attached hydrogens (tertiary/aromatic N) is 2. The molecule has 1 fully saturated rings. The van der Waals surface area contributed by atoms with E-state index in [9.17, 15) is 18.8 Å². The van der Waals surface area contributed by atoms with Crippen molar-refractivity contribution in [1.82, 2.24) is 10.4 Å². The van der Waals surface area contributed by atoms with E-state index in [4.69, 9.17) is 23.8 Å². The molecule has 184 valence electrons. The van der Waals surface area contributed by atoms with E-state index in [1.54, 1.807) is 18.2 Å². The molecule has 1 heterocycles. The first kappa shape index (κ1) is 25.3. The molecule has 4 rings (SSSR count). The summed E-state index contributed by atoms with van der Waals surface area (Å²) in [5, 5.41) is 4.43. The second-order valence-electron chi connectivity index (χ2n) is 8.34. The highest BCUT2D eigenvalue weighted by Crippen LogP contribution is 2.27. The summed E-state index contributed by atoms with van der Waals surface area (Å²) < 4.78 is 13.5. The van der Waals surface area contributed by atoms with Crippen LogP contribution in [0.25, 0.3) is 0 Å². The predicted octanol–water partition coefficient (Wildman–Crippen LogP) is 4.77. The Bertz CT molecular complexity index is 1350. The van der Waals surface area contributed by atoms with E-state index in [0.29, 0.717) is 16.4 Å². The number of hydrogen-bond donors (Lipinski definition) is 2. The van der Waals surface area contributed by atoms with Gasteiger partial charge in [0.1, 0.15) is 11.9 Å². The molecule has 1 aliphatic heterocycles. The Morgan fingerprint density at radius 1 is 1.03 bits per heavy atom. The average molecular weight is 525 g/mol. The van der Waals surface area contributed by atoms with Gasteiger partial charge in [-0.2, -0.15) is 0 Å². The van der Waals surface area contributed by atoms with Crippen LogP contribution in [0.2, 0.25) is 5.02 Å². The third-order valence-corrected chi connectivity index (χ3v) is 6.29. The highest BCUT2D eigenvalue weighted by Gasteiger charge is 2.45. The molecule has 10 heteroatoms. The molecule has 0 bridgehead atoms. The number of thiocarbonyl (C=S) groups is 1. The summed E-state index contributed by atoms with van der Waals surface area (Å²) in [6.07, 6.45) is -0.287. The van der Waals surface area contributed by atoms with Gasteiger partial charge in [-0.05, 0) is 86.2 Å². The molecule has 0 spiro atoms. The molecule has 0 radical (unpaired) electrons. The molecule has 3 aromatic carbocycles. The molecular formula is C26H22ClFN4O3S. The maximum absolute atomic E-state index is 13.5. The van der Waals surface area contributed by atoms with Gasteiger partial charge in [0.2, 0.25) is 11.0 Å². The number of rotatable bonds is 6. The van der Waals surface area contributed by atoms with Gasteiger partial charge in [0.25, 0.3) is 11.8 Å². The number of benzene rings is 3. The SMILES string of the molecule is Cc1ccc(NC(=O)CC2C(=O)N(c3ccc(F)cc3)C(=S)N2NC(=O)c2ccc(Cl)cc2)c(C)c1. The minimum Gasteiger partial charge on any atom is -0.326 e. The first-order chi connectivity index (χ1) is 17.1. The zero-order chi connectivity index (χ0) is 26.0. The highest BCUT2D eigenvalue weighted by atomic mass is 35.5. The van der Waals surface area contributed by atoms with Crippen molar-refractivity contribution in [2.75, 3.05) is 10.2 Å². The summed E-state index contributed by atoms with van der Waals surface area (Å²) in [5.74, 6) is -1.98. The Balaban J connectivity index is 1.60. The molecular weight excluding hydrogens is 503 g/mol. The standard InChI is InChI=1S/C26H22ClFN4O3S/c1-15-3-12-21(16(2)13-15)29-23(33)14-22-25(35)31(20-10-8-19(28)9-11-20)26(36)32(22)30-24(34)17-4-6-18(27)7-5-17/h3-13,22H,14H2,1-2H3,(H,29,33)(H,30,34). The van der Waals surface area contributed by atoms with E-state index >= 15 is 0 Å². The summed E-state index contributed by atoms with van der Waals surface area (Å²) in [7, 11) is 0. The van der Waals surface area contributed by atoms with Crippen molar-refractivity contribution in [3.05, 3.63) is 94.3 Å². The molecule has 0 saturated carbocycles. The van der Waals surface area contributed by atoms with Gasteiger partial charge in [0.05, 0.1) is 12.1 Å². The van der Waals surface area contributed by atoms with Crippen LogP contribution in [0.5, 0.6) is 0 Å². The number of carbonyl (C=O) groups is 3. The Morgan fingerprint density at radius 2 is 1.69 bits per heavy atom. The number of amides is 3. The fourth-order valence-corrected chi connectivity index (χ4v) is 4.33. The fourth-order valence-electron chi connectivity index (χ4n) is 3.83. The summed E-state index contributed by atoms with van der Waals surface area (Å²) in [6, 6.07) is 15.8. The van der Waals surface area contributed by atoms with Crippen LogP contribution in [0.15, 0.2) is 66.7 Å². The van der Waals surface area contributed by atoms with E-state index in [0.717, 1.165) is 11.1 Å². The van der Waals surface area contributed by atoms with Gasteiger partial charge < -0.3 is 5.32 Å². The van der Waals surface area contributed by atoms with E-state index < -0.39 is 29.6 Å². The lowest BCUT2D eigenvalue weighted by Crippen LogP contribution is -2.49. The van der Waals surface area contributed by atoms with E-state index in [-0.39, 0.29) is 17.1 Å². The smallest absolute Gasteiger partial charge is 0.269 e. The average Bonchev–Trinajstić information content (AvgIpc) is 3.06. The summed E-state index contributed by atoms with van der Waals surface area (Å²) >= 11 is 11.4. The fraction of sp³-hybridized carbons (Fsp3) is 0.154. The monoisotopic (exact) mass is 524 g/mol. The molecule has 7 nitrogen and oxygen atoms in total. The van der Waals surface area contributed by atoms with Gasteiger partial charge in [0.15, 0.2) is 0 Å². The van der Waals surface area contributed by atoms with Crippen LogP contribution in [-0.2, 0) is 9.59 Å². The van der Waals surface area contributed by atoms with Crippen molar-refractivity contribution in [2.45, 2.75) is 26.3 Å². The van der Waals surface area contributed by atoms with Crippen LogP contribution < -0.4 is 15.6 Å². The van der Waals surface area contributed by atoms with Gasteiger partial charge in [-0.15, -0.1) is 0 Å². The third kappa shape index (κ3) is 5.37. The molecule has 1 saturated heterocycles. The van der Waals surface area contributed by atoms with Gasteiger partial charge in [-0.3, -0.25) is 24.7 Å². The Morgan fingerprint density at radius 3 is 2.33 bits per heavy atom. The Kier molecular flexibility index (Phi) is 7.32. The number of hydrazine groups is 1. The van der Waals surface area contributed by atoms with Crippen LogP contribution in [0.4, 0.5) is 15.8 Å². The number of halogens is 2. The van der Waals surface area contributed by atoms with Gasteiger partial charge >= 0.3 is 0 Å². The molecule has 1 unspecified atom stereocenters. The summed E-state index contributed by atoms with van der Waals surface area (Å²) in [5.41, 5.74) is 5.78. The van der Waals surface area contributed by atoms with Crippen molar-refractivity contribution < 1.29 is 18.8 Å². The van der Waals surface area contributed by atoms with E-state index in [2.05, 4.69) is 10.7 Å².